The summed E-state index contributed by atoms with van der Waals surface area (Å²) < 4.78 is 10.6. The summed E-state index contributed by atoms with van der Waals surface area (Å²) in [6.45, 7) is 8.95. The van der Waals surface area contributed by atoms with Crippen molar-refractivity contribution in [2.24, 2.45) is 10.9 Å². The molecule has 0 bridgehead atoms. The molecule has 0 saturated carbocycles. The van der Waals surface area contributed by atoms with Gasteiger partial charge in [-0.1, -0.05) is 6.42 Å². The van der Waals surface area contributed by atoms with Gasteiger partial charge in [0.2, 0.25) is 0 Å². The van der Waals surface area contributed by atoms with Gasteiger partial charge in [-0.2, -0.15) is 0 Å². The number of aliphatic imine (C=N–C) groups is 1. The Morgan fingerprint density at radius 3 is 2.42 bits per heavy atom. The van der Waals surface area contributed by atoms with Gasteiger partial charge in [0.25, 0.3) is 0 Å². The molecule has 1 aromatic carbocycles. The highest BCUT2D eigenvalue weighted by Crippen LogP contribution is 2.27. The van der Waals surface area contributed by atoms with Crippen LogP contribution in [-0.2, 0) is 0 Å². The molecule has 2 N–H and O–H groups in total. The van der Waals surface area contributed by atoms with Gasteiger partial charge in [0.15, 0.2) is 5.96 Å². The number of methoxy groups -OCH3 is 2. The third-order valence-electron chi connectivity index (χ3n) is 6.06. The number of guanidine groups is 1. The van der Waals surface area contributed by atoms with Gasteiger partial charge in [0, 0.05) is 32.2 Å². The first-order valence-corrected chi connectivity index (χ1v) is 11.3. The van der Waals surface area contributed by atoms with Crippen LogP contribution in [0, 0.1) is 5.92 Å². The lowest BCUT2D eigenvalue weighted by atomic mass is 10.1. The van der Waals surface area contributed by atoms with E-state index < -0.39 is 6.10 Å². The van der Waals surface area contributed by atoms with Crippen LogP contribution >= 0.6 is 24.0 Å². The summed E-state index contributed by atoms with van der Waals surface area (Å²) in [6.07, 6.45) is 4.55. The predicted octanol–water partition coefficient (Wildman–Crippen LogP) is 3.13. The number of hydrogen-bond acceptors (Lipinski definition) is 5. The van der Waals surface area contributed by atoms with Crippen LogP contribution in [0.1, 0.15) is 44.3 Å². The van der Waals surface area contributed by atoms with E-state index in [-0.39, 0.29) is 24.0 Å². The first-order valence-electron chi connectivity index (χ1n) is 11.3. The number of aliphatic hydroxyl groups is 1. The summed E-state index contributed by atoms with van der Waals surface area (Å²) in [7, 11) is 3.22. The summed E-state index contributed by atoms with van der Waals surface area (Å²) in [5.41, 5.74) is 0.746. The standard InChI is InChI=1S/C23H38N4O3.HI/c1-4-24-23(27-11-8-18(17-27)16-26-9-6-5-7-10-26)25-15-22(28)19-12-20(29-2)14-21(13-19)30-3;/h12-14,18,22,28H,4-11,15-17H2,1-3H3,(H,24,25);1H. The van der Waals surface area contributed by atoms with Gasteiger partial charge in [0.1, 0.15) is 11.5 Å². The van der Waals surface area contributed by atoms with Crippen LogP contribution in [0.15, 0.2) is 23.2 Å². The molecule has 0 aromatic heterocycles. The van der Waals surface area contributed by atoms with Crippen LogP contribution < -0.4 is 14.8 Å². The van der Waals surface area contributed by atoms with E-state index in [4.69, 9.17) is 14.5 Å². The molecule has 0 spiro atoms. The summed E-state index contributed by atoms with van der Waals surface area (Å²) in [5.74, 6) is 2.92. The van der Waals surface area contributed by atoms with Crippen molar-refractivity contribution in [2.75, 3.05) is 60.0 Å². The Balaban J connectivity index is 0.00000341. The van der Waals surface area contributed by atoms with E-state index in [1.165, 1.54) is 45.3 Å². The van der Waals surface area contributed by atoms with Crippen LogP contribution in [0.25, 0.3) is 0 Å². The zero-order valence-electron chi connectivity index (χ0n) is 19.2. The SMILES string of the molecule is CCNC(=NCC(O)c1cc(OC)cc(OC)c1)N1CCC(CN2CCCCC2)C1.I. The van der Waals surface area contributed by atoms with Gasteiger partial charge >= 0.3 is 0 Å². The molecular weight excluding hydrogens is 507 g/mol. The Labute approximate surface area is 204 Å². The average Bonchev–Trinajstić information content (AvgIpc) is 3.24. The molecule has 0 aliphatic carbocycles. The van der Waals surface area contributed by atoms with Crippen LogP contribution in [-0.4, -0.2) is 80.9 Å². The van der Waals surface area contributed by atoms with Crippen molar-refractivity contribution in [3.8, 4) is 11.5 Å². The summed E-state index contributed by atoms with van der Waals surface area (Å²) >= 11 is 0. The topological polar surface area (TPSA) is 69.6 Å². The maximum Gasteiger partial charge on any atom is 0.194 e. The van der Waals surface area contributed by atoms with Crippen LogP contribution in [0.2, 0.25) is 0 Å². The van der Waals surface area contributed by atoms with Gasteiger partial charge < -0.3 is 29.7 Å². The zero-order valence-corrected chi connectivity index (χ0v) is 21.5. The molecule has 1 aromatic rings. The maximum atomic E-state index is 10.7. The Morgan fingerprint density at radius 1 is 1.13 bits per heavy atom. The van der Waals surface area contributed by atoms with Gasteiger partial charge in [-0.25, -0.2) is 0 Å². The van der Waals surface area contributed by atoms with E-state index in [9.17, 15) is 5.11 Å². The number of rotatable bonds is 8. The summed E-state index contributed by atoms with van der Waals surface area (Å²) in [5, 5.41) is 14.1. The van der Waals surface area contributed by atoms with E-state index in [1.807, 2.05) is 12.1 Å². The molecule has 2 heterocycles. The van der Waals surface area contributed by atoms with Gasteiger partial charge in [-0.15, -0.1) is 24.0 Å². The highest BCUT2D eigenvalue weighted by molar-refractivity contribution is 14.0. The van der Waals surface area contributed by atoms with Crippen LogP contribution in [0.4, 0.5) is 0 Å². The molecule has 2 saturated heterocycles. The normalized spacial score (nSPS) is 20.8. The number of halogens is 1. The van der Waals surface area contributed by atoms with Crippen molar-refractivity contribution >= 4 is 29.9 Å². The zero-order chi connectivity index (χ0) is 21.3. The van der Waals surface area contributed by atoms with E-state index in [2.05, 4.69) is 22.0 Å². The van der Waals surface area contributed by atoms with Crippen LogP contribution in [0.5, 0.6) is 11.5 Å². The molecule has 7 nitrogen and oxygen atoms in total. The van der Waals surface area contributed by atoms with E-state index in [0.717, 1.165) is 31.2 Å². The molecule has 2 unspecified atom stereocenters. The van der Waals surface area contributed by atoms with E-state index in [0.29, 0.717) is 24.0 Å². The molecule has 8 heteroatoms. The summed E-state index contributed by atoms with van der Waals surface area (Å²) in [4.78, 5) is 9.72. The number of piperidine rings is 1. The smallest absolute Gasteiger partial charge is 0.194 e. The fraction of sp³-hybridized carbons (Fsp3) is 0.696. The molecule has 0 amide bonds. The third kappa shape index (κ3) is 7.68. The van der Waals surface area contributed by atoms with Gasteiger partial charge in [-0.3, -0.25) is 4.99 Å². The second-order valence-electron chi connectivity index (χ2n) is 8.32. The number of nitrogens with one attached hydrogen (secondary N) is 1. The largest absolute Gasteiger partial charge is 0.497 e. The number of hydrogen-bond donors (Lipinski definition) is 2. The Morgan fingerprint density at radius 2 is 1.81 bits per heavy atom. The summed E-state index contributed by atoms with van der Waals surface area (Å²) in [6, 6.07) is 5.47. The lowest BCUT2D eigenvalue weighted by Gasteiger charge is -2.29. The van der Waals surface area contributed by atoms with Crippen molar-refractivity contribution in [2.45, 2.75) is 38.7 Å². The molecule has 0 radical (unpaired) electrons. The fourth-order valence-corrected chi connectivity index (χ4v) is 4.41. The van der Waals surface area contributed by atoms with Gasteiger partial charge in [-0.05, 0) is 62.9 Å². The monoisotopic (exact) mass is 546 g/mol. The quantitative estimate of drug-likeness (QED) is 0.297. The molecule has 2 fully saturated rings. The number of ether oxygens (including phenoxy) is 2. The van der Waals surface area contributed by atoms with Crippen molar-refractivity contribution in [1.82, 2.24) is 15.1 Å². The van der Waals surface area contributed by atoms with E-state index in [1.54, 1.807) is 20.3 Å². The third-order valence-corrected chi connectivity index (χ3v) is 6.06. The minimum Gasteiger partial charge on any atom is -0.497 e. The lowest BCUT2D eigenvalue weighted by molar-refractivity contribution is 0.185. The maximum absolute atomic E-state index is 10.7. The number of aliphatic hydroxyl groups excluding tert-OH is 1. The van der Waals surface area contributed by atoms with Crippen molar-refractivity contribution < 1.29 is 14.6 Å². The van der Waals surface area contributed by atoms with Crippen molar-refractivity contribution in [3.05, 3.63) is 23.8 Å². The second kappa shape index (κ2) is 13.3. The first-order chi connectivity index (χ1) is 14.6. The highest BCUT2D eigenvalue weighted by Gasteiger charge is 2.27. The molecule has 176 valence electrons. The number of nitrogens with zero attached hydrogens (tertiary/aromatic N) is 3. The van der Waals surface area contributed by atoms with Crippen LogP contribution in [0.3, 0.4) is 0 Å². The number of likely N-dealkylation sites (tertiary alicyclic amines) is 2. The molecule has 2 aliphatic heterocycles. The Kier molecular flexibility index (Phi) is 11.2. The van der Waals surface area contributed by atoms with E-state index >= 15 is 0 Å². The molecule has 2 aliphatic rings. The Hall–Kier alpha value is -1.26. The van der Waals surface area contributed by atoms with Crippen molar-refractivity contribution in [1.29, 1.82) is 0 Å². The van der Waals surface area contributed by atoms with Crippen molar-refractivity contribution in [3.63, 3.8) is 0 Å². The Bertz CT molecular complexity index is 675. The minimum absolute atomic E-state index is 0. The second-order valence-corrected chi connectivity index (χ2v) is 8.32. The molecule has 31 heavy (non-hydrogen) atoms. The molecule has 3 rings (SSSR count). The molecular formula is C23H39IN4O3. The van der Waals surface area contributed by atoms with Gasteiger partial charge in [0.05, 0.1) is 26.9 Å². The predicted molar refractivity (Wildman–Crippen MR) is 136 cm³/mol. The lowest BCUT2D eigenvalue weighted by Crippen LogP contribution is -2.41. The average molecular weight is 546 g/mol. The first kappa shape index (κ1) is 26.0. The molecule has 2 atom stereocenters. The highest BCUT2D eigenvalue weighted by atomic mass is 127. The minimum atomic E-state index is -0.714. The fourth-order valence-electron chi connectivity index (χ4n) is 4.41. The number of benzene rings is 1.